The Kier molecular flexibility index (Phi) is 5.82. The standard InChI is InChI=1S/C21H22ClN3OS/c1-21(2,3)12-19(26)23-17-6-4-5-14(11-17)18-13-27-20(25-18)24-16-9-7-15(22)8-10-16/h4-11,13H,12H2,1-3H3,(H,23,26)(H,24,25). The fourth-order valence-corrected chi connectivity index (χ4v) is 3.43. The summed E-state index contributed by atoms with van der Waals surface area (Å²) in [5, 5.41) is 9.74. The van der Waals surface area contributed by atoms with Crippen molar-refractivity contribution in [3.8, 4) is 11.3 Å². The van der Waals surface area contributed by atoms with E-state index in [2.05, 4.69) is 15.6 Å². The summed E-state index contributed by atoms with van der Waals surface area (Å²) >= 11 is 7.44. The lowest BCUT2D eigenvalue weighted by Gasteiger charge is -2.17. The summed E-state index contributed by atoms with van der Waals surface area (Å²) in [6.07, 6.45) is 0.475. The van der Waals surface area contributed by atoms with Gasteiger partial charge in [0.2, 0.25) is 5.91 Å². The molecule has 0 aliphatic rings. The molecule has 1 aromatic heterocycles. The number of thiazole rings is 1. The van der Waals surface area contributed by atoms with E-state index in [1.165, 1.54) is 11.3 Å². The lowest BCUT2D eigenvalue weighted by molar-refractivity contribution is -0.117. The summed E-state index contributed by atoms with van der Waals surface area (Å²) in [5.74, 6) is 0.0167. The molecule has 4 nitrogen and oxygen atoms in total. The molecule has 1 heterocycles. The lowest BCUT2D eigenvalue weighted by atomic mass is 9.92. The van der Waals surface area contributed by atoms with Crippen LogP contribution in [0.1, 0.15) is 27.2 Å². The molecule has 0 spiro atoms. The van der Waals surface area contributed by atoms with Gasteiger partial charge in [0.25, 0.3) is 0 Å². The molecule has 0 fully saturated rings. The number of benzene rings is 2. The van der Waals surface area contributed by atoms with Crippen LogP contribution in [0, 0.1) is 5.41 Å². The monoisotopic (exact) mass is 399 g/mol. The summed E-state index contributed by atoms with van der Waals surface area (Å²) in [6, 6.07) is 15.2. The van der Waals surface area contributed by atoms with E-state index in [-0.39, 0.29) is 11.3 Å². The average molecular weight is 400 g/mol. The number of carbonyl (C=O) groups is 1. The zero-order valence-corrected chi connectivity index (χ0v) is 17.1. The molecule has 140 valence electrons. The molecule has 2 N–H and O–H groups in total. The van der Waals surface area contributed by atoms with Crippen LogP contribution in [0.2, 0.25) is 5.02 Å². The van der Waals surface area contributed by atoms with E-state index in [0.29, 0.717) is 11.4 Å². The zero-order chi connectivity index (χ0) is 19.4. The molecule has 6 heteroatoms. The van der Waals surface area contributed by atoms with Crippen molar-refractivity contribution < 1.29 is 4.79 Å². The average Bonchev–Trinajstić information content (AvgIpc) is 3.04. The first-order chi connectivity index (χ1) is 12.8. The third-order valence-electron chi connectivity index (χ3n) is 3.73. The molecule has 0 saturated carbocycles. The highest BCUT2D eigenvalue weighted by molar-refractivity contribution is 7.14. The van der Waals surface area contributed by atoms with Crippen LogP contribution in [0.5, 0.6) is 0 Å². The Labute approximate surface area is 168 Å². The fraction of sp³-hybridized carbons (Fsp3) is 0.238. The molecule has 1 amide bonds. The smallest absolute Gasteiger partial charge is 0.224 e. The van der Waals surface area contributed by atoms with Gasteiger partial charge in [-0.25, -0.2) is 4.98 Å². The zero-order valence-electron chi connectivity index (χ0n) is 15.5. The molecule has 0 saturated heterocycles. The van der Waals surface area contributed by atoms with Gasteiger partial charge in [-0.05, 0) is 41.8 Å². The van der Waals surface area contributed by atoms with Gasteiger partial charge in [-0.3, -0.25) is 4.79 Å². The first-order valence-electron chi connectivity index (χ1n) is 8.67. The van der Waals surface area contributed by atoms with E-state index in [1.54, 1.807) is 0 Å². The van der Waals surface area contributed by atoms with Gasteiger partial charge in [-0.2, -0.15) is 0 Å². The van der Waals surface area contributed by atoms with E-state index in [1.807, 2.05) is 74.7 Å². The molecular formula is C21H22ClN3OS. The summed E-state index contributed by atoms with van der Waals surface area (Å²) in [6.45, 7) is 6.15. The second-order valence-electron chi connectivity index (χ2n) is 7.54. The van der Waals surface area contributed by atoms with Crippen LogP contribution in [0.4, 0.5) is 16.5 Å². The Morgan fingerprint density at radius 2 is 1.85 bits per heavy atom. The van der Waals surface area contributed by atoms with Gasteiger partial charge in [0, 0.05) is 33.8 Å². The van der Waals surface area contributed by atoms with Crippen molar-refractivity contribution in [2.24, 2.45) is 5.41 Å². The van der Waals surface area contributed by atoms with Gasteiger partial charge in [-0.1, -0.05) is 44.5 Å². The number of rotatable bonds is 5. The number of halogens is 1. The maximum Gasteiger partial charge on any atom is 0.224 e. The summed E-state index contributed by atoms with van der Waals surface area (Å²) < 4.78 is 0. The maximum atomic E-state index is 12.2. The van der Waals surface area contributed by atoms with Crippen molar-refractivity contribution >= 4 is 45.4 Å². The van der Waals surface area contributed by atoms with E-state index in [0.717, 1.165) is 27.8 Å². The molecule has 0 aliphatic carbocycles. The fourth-order valence-electron chi connectivity index (χ4n) is 2.56. The van der Waals surface area contributed by atoms with Crippen molar-refractivity contribution in [1.82, 2.24) is 4.98 Å². The topological polar surface area (TPSA) is 54.0 Å². The Balaban J connectivity index is 1.71. The minimum Gasteiger partial charge on any atom is -0.332 e. The van der Waals surface area contributed by atoms with Crippen molar-refractivity contribution in [1.29, 1.82) is 0 Å². The van der Waals surface area contributed by atoms with E-state index in [4.69, 9.17) is 11.6 Å². The van der Waals surface area contributed by atoms with Gasteiger partial charge in [-0.15, -0.1) is 11.3 Å². The Morgan fingerprint density at radius 3 is 2.56 bits per heavy atom. The first kappa shape index (κ1) is 19.4. The number of nitrogens with one attached hydrogen (secondary N) is 2. The molecule has 0 aliphatic heterocycles. The SMILES string of the molecule is CC(C)(C)CC(=O)Nc1cccc(-c2csc(Nc3ccc(Cl)cc3)n2)c1. The van der Waals surface area contributed by atoms with Crippen LogP contribution < -0.4 is 10.6 Å². The van der Waals surface area contributed by atoms with Gasteiger partial charge in [0.15, 0.2) is 5.13 Å². The number of aromatic nitrogens is 1. The van der Waals surface area contributed by atoms with Crippen molar-refractivity contribution in [2.75, 3.05) is 10.6 Å². The van der Waals surface area contributed by atoms with Crippen LogP contribution in [0.25, 0.3) is 11.3 Å². The van der Waals surface area contributed by atoms with E-state index in [9.17, 15) is 4.79 Å². The quantitative estimate of drug-likeness (QED) is 0.509. The molecular weight excluding hydrogens is 378 g/mol. The second-order valence-corrected chi connectivity index (χ2v) is 8.83. The Morgan fingerprint density at radius 1 is 1.11 bits per heavy atom. The lowest BCUT2D eigenvalue weighted by Crippen LogP contribution is -2.19. The van der Waals surface area contributed by atoms with Crippen LogP contribution >= 0.6 is 22.9 Å². The summed E-state index contributed by atoms with van der Waals surface area (Å²) in [4.78, 5) is 16.8. The largest absolute Gasteiger partial charge is 0.332 e. The number of hydrogen-bond acceptors (Lipinski definition) is 4. The number of amides is 1. The Bertz CT molecular complexity index is 929. The van der Waals surface area contributed by atoms with E-state index >= 15 is 0 Å². The van der Waals surface area contributed by atoms with Gasteiger partial charge >= 0.3 is 0 Å². The van der Waals surface area contributed by atoms with Gasteiger partial charge in [0.1, 0.15) is 0 Å². The summed E-state index contributed by atoms with van der Waals surface area (Å²) in [7, 11) is 0. The number of anilines is 3. The summed E-state index contributed by atoms with van der Waals surface area (Å²) in [5.41, 5.74) is 3.50. The highest BCUT2D eigenvalue weighted by Gasteiger charge is 2.16. The minimum absolute atomic E-state index is 0.0167. The van der Waals surface area contributed by atoms with E-state index < -0.39 is 0 Å². The second kappa shape index (κ2) is 8.11. The number of carbonyl (C=O) groups excluding carboxylic acids is 1. The van der Waals surface area contributed by atoms with Gasteiger partial charge in [0.05, 0.1) is 5.69 Å². The highest BCUT2D eigenvalue weighted by atomic mass is 35.5. The maximum absolute atomic E-state index is 12.2. The predicted octanol–water partition coefficient (Wildman–Crippen LogP) is 6.58. The minimum atomic E-state index is -0.0428. The third kappa shape index (κ3) is 5.81. The van der Waals surface area contributed by atoms with Crippen LogP contribution in [0.3, 0.4) is 0 Å². The molecule has 0 bridgehead atoms. The Hall–Kier alpha value is -2.37. The molecule has 0 radical (unpaired) electrons. The molecule has 27 heavy (non-hydrogen) atoms. The first-order valence-corrected chi connectivity index (χ1v) is 9.93. The van der Waals surface area contributed by atoms with Gasteiger partial charge < -0.3 is 10.6 Å². The third-order valence-corrected chi connectivity index (χ3v) is 4.74. The molecule has 3 aromatic rings. The number of hydrogen-bond donors (Lipinski definition) is 2. The number of nitrogens with zero attached hydrogens (tertiary/aromatic N) is 1. The molecule has 3 rings (SSSR count). The predicted molar refractivity (Wildman–Crippen MR) is 115 cm³/mol. The molecule has 0 atom stereocenters. The van der Waals surface area contributed by atoms with Crippen molar-refractivity contribution in [3.05, 3.63) is 58.9 Å². The van der Waals surface area contributed by atoms with Crippen LogP contribution in [0.15, 0.2) is 53.9 Å². The van der Waals surface area contributed by atoms with Crippen LogP contribution in [-0.2, 0) is 4.79 Å². The molecule has 2 aromatic carbocycles. The normalized spacial score (nSPS) is 11.3. The van der Waals surface area contributed by atoms with Crippen LogP contribution in [-0.4, -0.2) is 10.9 Å². The molecule has 0 unspecified atom stereocenters. The highest BCUT2D eigenvalue weighted by Crippen LogP contribution is 2.29. The van der Waals surface area contributed by atoms with Crippen molar-refractivity contribution in [3.63, 3.8) is 0 Å². The van der Waals surface area contributed by atoms with Crippen molar-refractivity contribution in [2.45, 2.75) is 27.2 Å².